The van der Waals surface area contributed by atoms with E-state index in [1.807, 2.05) is 36.4 Å². The van der Waals surface area contributed by atoms with Crippen molar-refractivity contribution in [2.24, 2.45) is 17.8 Å². The molecule has 178 valence electrons. The molecule has 5 rings (SSSR count). The summed E-state index contributed by atoms with van der Waals surface area (Å²) in [4.78, 5) is 38.9. The van der Waals surface area contributed by atoms with Crippen LogP contribution in [0.2, 0.25) is 0 Å². The summed E-state index contributed by atoms with van der Waals surface area (Å²) < 4.78 is 10.9. The largest absolute Gasteiger partial charge is 0.481 e. The fraction of sp³-hybridized carbons (Fsp3) is 0.423. The zero-order chi connectivity index (χ0) is 24.0. The minimum absolute atomic E-state index is 0.0114. The number of nitrogens with zero attached hydrogens (tertiary/aromatic N) is 1. The predicted molar refractivity (Wildman–Crippen MR) is 123 cm³/mol. The van der Waals surface area contributed by atoms with Gasteiger partial charge in [0.2, 0.25) is 0 Å². The molecule has 2 aliphatic carbocycles. The Kier molecular flexibility index (Phi) is 5.56. The second kappa shape index (κ2) is 8.43. The minimum Gasteiger partial charge on any atom is -0.481 e. The number of carboxylic acids is 1. The van der Waals surface area contributed by atoms with Crippen molar-refractivity contribution in [2.45, 2.75) is 18.4 Å². The zero-order valence-electron chi connectivity index (χ0n) is 19.2. The average Bonchev–Trinajstić information content (AvgIpc) is 3.18. The molecule has 8 heteroatoms. The maximum absolute atomic E-state index is 13.3. The molecular formula is C26H28N2O6. The number of hydrogen-bond acceptors (Lipinski definition) is 5. The Morgan fingerprint density at radius 1 is 1.03 bits per heavy atom. The number of ether oxygens (including phenoxy) is 2. The molecule has 2 aromatic rings. The highest BCUT2D eigenvalue weighted by Crippen LogP contribution is 2.52. The number of carbonyl (C=O) groups excluding carboxylic acids is 2. The van der Waals surface area contributed by atoms with Gasteiger partial charge in [0.15, 0.2) is 0 Å². The number of carboxylic acid groups (broad SMARTS) is 1. The minimum atomic E-state index is -1.31. The smallest absolute Gasteiger partial charge is 0.408 e. The van der Waals surface area contributed by atoms with E-state index in [-0.39, 0.29) is 42.8 Å². The lowest BCUT2D eigenvalue weighted by atomic mass is 9.98. The summed E-state index contributed by atoms with van der Waals surface area (Å²) in [5, 5.41) is 11.9. The molecular weight excluding hydrogens is 436 g/mol. The van der Waals surface area contributed by atoms with Gasteiger partial charge in [0, 0.05) is 26.1 Å². The lowest BCUT2D eigenvalue weighted by Gasteiger charge is -2.33. The number of piperidine rings is 1. The molecule has 1 saturated heterocycles. The third-order valence-electron chi connectivity index (χ3n) is 7.39. The molecule has 0 bridgehead atoms. The van der Waals surface area contributed by atoms with Crippen LogP contribution in [-0.2, 0) is 19.1 Å². The fourth-order valence-corrected chi connectivity index (χ4v) is 5.71. The second-order valence-corrected chi connectivity index (χ2v) is 9.62. The number of carbonyl (C=O) groups is 3. The number of likely N-dealkylation sites (tertiary alicyclic amines) is 1. The molecule has 1 saturated carbocycles. The van der Waals surface area contributed by atoms with Gasteiger partial charge in [-0.3, -0.25) is 9.59 Å². The highest BCUT2D eigenvalue weighted by atomic mass is 16.5. The van der Waals surface area contributed by atoms with Crippen LogP contribution >= 0.6 is 0 Å². The Hall–Kier alpha value is -3.39. The Bertz CT molecular complexity index is 1090. The van der Waals surface area contributed by atoms with Crippen molar-refractivity contribution in [3.05, 3.63) is 59.7 Å². The molecule has 3 aliphatic rings. The first-order chi connectivity index (χ1) is 16.3. The SMILES string of the molecule is COCC(C)(NC(=O)OCC1c2ccccc2-c2ccccc21)C(=O)N1C[C@@H]2C(C(=O)O)[C@@H]2C1. The summed E-state index contributed by atoms with van der Waals surface area (Å²) >= 11 is 0. The number of methoxy groups -OCH3 is 1. The van der Waals surface area contributed by atoms with Gasteiger partial charge in [0.25, 0.3) is 5.91 Å². The van der Waals surface area contributed by atoms with Gasteiger partial charge in [-0.2, -0.15) is 0 Å². The molecule has 1 heterocycles. The van der Waals surface area contributed by atoms with E-state index in [1.54, 1.807) is 11.8 Å². The van der Waals surface area contributed by atoms with Crippen molar-refractivity contribution >= 4 is 18.0 Å². The molecule has 0 aromatic heterocycles. The quantitative estimate of drug-likeness (QED) is 0.653. The van der Waals surface area contributed by atoms with Crippen LogP contribution in [0.15, 0.2) is 48.5 Å². The summed E-state index contributed by atoms with van der Waals surface area (Å²) in [6, 6.07) is 16.2. The standard InChI is InChI=1S/C26H28N2O6/c1-26(14-33-2,24(31)28-11-19-20(12-28)22(19)23(29)30)27-25(32)34-13-21-17-9-5-3-7-15(17)16-8-4-6-10-18(16)21/h3-10,19-22H,11-14H2,1-2H3,(H,27,32)(H,29,30)/t19-,20+,22?,26?. The Labute approximate surface area is 197 Å². The average molecular weight is 465 g/mol. The number of benzene rings is 2. The van der Waals surface area contributed by atoms with E-state index < -0.39 is 17.6 Å². The van der Waals surface area contributed by atoms with E-state index in [2.05, 4.69) is 17.4 Å². The van der Waals surface area contributed by atoms with Crippen molar-refractivity contribution in [3.8, 4) is 11.1 Å². The number of aliphatic carboxylic acids is 1. The first-order valence-electron chi connectivity index (χ1n) is 11.5. The van der Waals surface area contributed by atoms with Gasteiger partial charge in [0.1, 0.15) is 12.1 Å². The molecule has 4 atom stereocenters. The fourth-order valence-electron chi connectivity index (χ4n) is 5.71. The van der Waals surface area contributed by atoms with Crippen molar-refractivity contribution in [1.29, 1.82) is 0 Å². The van der Waals surface area contributed by atoms with Gasteiger partial charge in [-0.25, -0.2) is 4.79 Å². The van der Waals surface area contributed by atoms with Crippen molar-refractivity contribution < 1.29 is 29.0 Å². The molecule has 1 aliphatic heterocycles. The summed E-state index contributed by atoms with van der Waals surface area (Å²) in [7, 11) is 1.47. The van der Waals surface area contributed by atoms with Crippen LogP contribution in [0.25, 0.3) is 11.1 Å². The molecule has 2 fully saturated rings. The molecule has 34 heavy (non-hydrogen) atoms. The van der Waals surface area contributed by atoms with Crippen molar-refractivity contribution in [2.75, 3.05) is 33.4 Å². The lowest BCUT2D eigenvalue weighted by Crippen LogP contribution is -2.60. The van der Waals surface area contributed by atoms with Crippen LogP contribution < -0.4 is 5.32 Å². The van der Waals surface area contributed by atoms with Crippen LogP contribution in [0, 0.1) is 17.8 Å². The monoisotopic (exact) mass is 464 g/mol. The third-order valence-corrected chi connectivity index (χ3v) is 7.39. The van der Waals surface area contributed by atoms with E-state index in [1.165, 1.54) is 7.11 Å². The summed E-state index contributed by atoms with van der Waals surface area (Å²) in [5.74, 6) is -1.57. The first kappa shape index (κ1) is 22.4. The maximum atomic E-state index is 13.3. The van der Waals surface area contributed by atoms with Gasteiger partial charge >= 0.3 is 12.1 Å². The summed E-state index contributed by atoms with van der Waals surface area (Å²) in [6.07, 6.45) is -0.692. The predicted octanol–water partition coefficient (Wildman–Crippen LogP) is 2.72. The molecule has 8 nitrogen and oxygen atoms in total. The van der Waals surface area contributed by atoms with Gasteiger partial charge in [-0.15, -0.1) is 0 Å². The van der Waals surface area contributed by atoms with Crippen LogP contribution in [-0.4, -0.2) is 66.9 Å². The van der Waals surface area contributed by atoms with E-state index >= 15 is 0 Å². The van der Waals surface area contributed by atoms with Gasteiger partial charge in [-0.1, -0.05) is 48.5 Å². The Morgan fingerprint density at radius 3 is 2.12 bits per heavy atom. The van der Waals surface area contributed by atoms with E-state index in [0.717, 1.165) is 22.3 Å². The van der Waals surface area contributed by atoms with Crippen molar-refractivity contribution in [3.63, 3.8) is 0 Å². The second-order valence-electron chi connectivity index (χ2n) is 9.62. The van der Waals surface area contributed by atoms with Crippen LogP contribution in [0.5, 0.6) is 0 Å². The zero-order valence-corrected chi connectivity index (χ0v) is 19.2. The number of hydrogen-bond donors (Lipinski definition) is 2. The summed E-state index contributed by atoms with van der Waals surface area (Å²) in [6.45, 7) is 2.49. The summed E-state index contributed by atoms with van der Waals surface area (Å²) in [5.41, 5.74) is 3.18. The molecule has 2 aromatic carbocycles. The number of fused-ring (bicyclic) bond motifs is 4. The van der Waals surface area contributed by atoms with Gasteiger partial charge in [-0.05, 0) is 41.0 Å². The number of alkyl carbamates (subject to hydrolysis) is 1. The van der Waals surface area contributed by atoms with Crippen LogP contribution in [0.4, 0.5) is 4.79 Å². The Balaban J connectivity index is 1.24. The van der Waals surface area contributed by atoms with E-state index in [9.17, 15) is 19.5 Å². The highest BCUT2D eigenvalue weighted by molar-refractivity contribution is 5.90. The first-order valence-corrected chi connectivity index (χ1v) is 11.5. The number of rotatable bonds is 7. The topological polar surface area (TPSA) is 105 Å². The van der Waals surface area contributed by atoms with Crippen molar-refractivity contribution in [1.82, 2.24) is 10.2 Å². The lowest BCUT2D eigenvalue weighted by molar-refractivity contribution is -0.143. The van der Waals surface area contributed by atoms with Gasteiger partial charge in [0.05, 0.1) is 12.5 Å². The molecule has 0 spiro atoms. The highest BCUT2D eigenvalue weighted by Gasteiger charge is 2.61. The molecule has 2 unspecified atom stereocenters. The number of amides is 2. The maximum Gasteiger partial charge on any atom is 0.408 e. The third kappa shape index (κ3) is 3.72. The molecule has 0 radical (unpaired) electrons. The van der Waals surface area contributed by atoms with E-state index in [0.29, 0.717) is 13.1 Å². The number of nitrogens with one attached hydrogen (secondary N) is 1. The normalized spacial score (nSPS) is 23.9. The van der Waals surface area contributed by atoms with E-state index in [4.69, 9.17) is 9.47 Å². The molecule has 2 amide bonds. The van der Waals surface area contributed by atoms with Crippen LogP contribution in [0.1, 0.15) is 24.0 Å². The molecule has 2 N–H and O–H groups in total. The van der Waals surface area contributed by atoms with Gasteiger partial charge < -0.3 is 24.8 Å². The van der Waals surface area contributed by atoms with Crippen LogP contribution in [0.3, 0.4) is 0 Å². The Morgan fingerprint density at radius 2 is 1.59 bits per heavy atom.